The Morgan fingerprint density at radius 3 is 2.47 bits per heavy atom. The fourth-order valence-electron chi connectivity index (χ4n) is 3.11. The van der Waals surface area contributed by atoms with Crippen LogP contribution < -0.4 is 10.2 Å². The summed E-state index contributed by atoms with van der Waals surface area (Å²) in [6.45, 7) is 0.970. The van der Waals surface area contributed by atoms with Crippen LogP contribution in [0.3, 0.4) is 0 Å². The van der Waals surface area contributed by atoms with Gasteiger partial charge in [-0.05, 0) is 25.0 Å². The van der Waals surface area contributed by atoms with Crippen LogP contribution >= 0.6 is 0 Å². The van der Waals surface area contributed by atoms with E-state index >= 15 is 0 Å². The second-order valence-corrected chi connectivity index (χ2v) is 10.1. The first kappa shape index (κ1) is 22.2. The van der Waals surface area contributed by atoms with Crippen LogP contribution in [-0.2, 0) is 24.2 Å². The Labute approximate surface area is 186 Å². The minimum atomic E-state index is -3.32. The molecular weight excluding hydrogens is 434 g/mol. The van der Waals surface area contributed by atoms with Gasteiger partial charge < -0.3 is 19.8 Å². The van der Waals surface area contributed by atoms with Crippen molar-refractivity contribution in [2.75, 3.05) is 37.5 Å². The quantitative estimate of drug-likeness (QED) is 0.467. The van der Waals surface area contributed by atoms with Crippen molar-refractivity contribution in [2.24, 2.45) is 5.16 Å². The Kier molecular flexibility index (Phi) is 6.38. The number of hydrogen-bond donors (Lipinski definition) is 1. The maximum Gasteiger partial charge on any atom is 0.279 e. The van der Waals surface area contributed by atoms with E-state index in [1.54, 1.807) is 17.0 Å². The van der Waals surface area contributed by atoms with E-state index in [2.05, 4.69) is 20.4 Å². The van der Waals surface area contributed by atoms with Gasteiger partial charge in [0.2, 0.25) is 0 Å². The molecule has 2 aliphatic rings. The second-order valence-electron chi connectivity index (χ2n) is 7.91. The van der Waals surface area contributed by atoms with Crippen molar-refractivity contribution in [3.8, 4) is 0 Å². The van der Waals surface area contributed by atoms with Gasteiger partial charge in [-0.15, -0.1) is 0 Å². The zero-order valence-corrected chi connectivity index (χ0v) is 18.7. The molecule has 10 nitrogen and oxygen atoms in total. The smallest absolute Gasteiger partial charge is 0.279 e. The van der Waals surface area contributed by atoms with Gasteiger partial charge in [-0.1, -0.05) is 17.3 Å². The number of hydrogen-bond acceptors (Lipinski definition) is 9. The van der Waals surface area contributed by atoms with Gasteiger partial charge in [0.15, 0.2) is 27.5 Å². The predicted octanol–water partition coefficient (Wildman–Crippen LogP) is 1.63. The third-order valence-corrected chi connectivity index (χ3v) is 7.43. The Balaban J connectivity index is 1.56. The van der Waals surface area contributed by atoms with Crippen molar-refractivity contribution in [1.29, 1.82) is 0 Å². The largest absolute Gasteiger partial charge is 0.389 e. The number of anilines is 2. The van der Waals surface area contributed by atoms with Crippen molar-refractivity contribution >= 4 is 33.1 Å². The Morgan fingerprint density at radius 2 is 1.91 bits per heavy atom. The van der Waals surface area contributed by atoms with Gasteiger partial charge in [0.25, 0.3) is 5.91 Å². The summed E-state index contributed by atoms with van der Waals surface area (Å²) in [5.74, 6) is 0.355. The summed E-state index contributed by atoms with van der Waals surface area (Å²) in [5.41, 5.74) is 0.430. The molecule has 11 heteroatoms. The van der Waals surface area contributed by atoms with Crippen molar-refractivity contribution in [3.05, 3.63) is 42.2 Å². The standard InChI is InChI=1S/C21H25N5O5S/c1-26(2)19-12-22-18(11-23-19)24-21(27)20(25-31-15-9-10-30-13-15)14-3-5-16(6-4-14)32(28,29)17-7-8-17/h3-6,11-12,15,17H,7-10,13H2,1-2H3,(H,22,24,27)/t15-/m1/s1. The van der Waals surface area contributed by atoms with Crippen LogP contribution in [0.5, 0.6) is 0 Å². The lowest BCUT2D eigenvalue weighted by molar-refractivity contribution is -0.110. The number of nitrogens with zero attached hydrogens (tertiary/aromatic N) is 4. The van der Waals surface area contributed by atoms with Gasteiger partial charge in [-0.2, -0.15) is 0 Å². The summed E-state index contributed by atoms with van der Waals surface area (Å²) < 4.78 is 30.2. The molecule has 2 aromatic rings. The molecule has 1 atom stereocenters. The molecule has 170 valence electrons. The minimum Gasteiger partial charge on any atom is -0.389 e. The van der Waals surface area contributed by atoms with Crippen LogP contribution in [0.25, 0.3) is 0 Å². The lowest BCUT2D eigenvalue weighted by Crippen LogP contribution is -2.26. The highest BCUT2D eigenvalue weighted by atomic mass is 32.2. The van der Waals surface area contributed by atoms with Crippen molar-refractivity contribution in [3.63, 3.8) is 0 Å². The van der Waals surface area contributed by atoms with E-state index in [4.69, 9.17) is 9.57 Å². The number of amides is 1. The number of carbonyl (C=O) groups excluding carboxylic acids is 1. The highest BCUT2D eigenvalue weighted by molar-refractivity contribution is 7.92. The fourth-order valence-corrected chi connectivity index (χ4v) is 4.77. The summed E-state index contributed by atoms with van der Waals surface area (Å²) in [6, 6.07) is 6.11. The molecule has 1 aliphatic heterocycles. The normalized spacial score (nSPS) is 18.9. The molecule has 1 amide bonds. The van der Waals surface area contributed by atoms with Crippen molar-refractivity contribution < 1.29 is 22.8 Å². The van der Waals surface area contributed by atoms with Crippen LogP contribution in [0.2, 0.25) is 0 Å². The molecule has 0 spiro atoms. The van der Waals surface area contributed by atoms with Gasteiger partial charge in [0.05, 0.1) is 35.8 Å². The van der Waals surface area contributed by atoms with E-state index in [0.717, 1.165) is 0 Å². The number of sulfone groups is 1. The van der Waals surface area contributed by atoms with Gasteiger partial charge in [0.1, 0.15) is 5.82 Å². The summed E-state index contributed by atoms with van der Waals surface area (Å²) >= 11 is 0. The van der Waals surface area contributed by atoms with Crippen LogP contribution in [0, 0.1) is 0 Å². The number of nitrogens with one attached hydrogen (secondary N) is 1. The van der Waals surface area contributed by atoms with Crippen LogP contribution in [0.15, 0.2) is 46.7 Å². The third kappa shape index (κ3) is 5.05. The lowest BCUT2D eigenvalue weighted by atomic mass is 10.1. The summed E-state index contributed by atoms with van der Waals surface area (Å²) in [4.78, 5) is 29.0. The fraction of sp³-hybridized carbons (Fsp3) is 0.429. The second kappa shape index (κ2) is 9.21. The molecule has 0 unspecified atom stereocenters. The molecule has 4 rings (SSSR count). The van der Waals surface area contributed by atoms with E-state index in [0.29, 0.717) is 43.9 Å². The van der Waals surface area contributed by atoms with Gasteiger partial charge in [-0.25, -0.2) is 18.4 Å². The molecule has 2 heterocycles. The number of carbonyl (C=O) groups is 1. The average molecular weight is 460 g/mol. The third-order valence-electron chi connectivity index (χ3n) is 5.15. The molecule has 32 heavy (non-hydrogen) atoms. The van der Waals surface area contributed by atoms with Gasteiger partial charge >= 0.3 is 0 Å². The van der Waals surface area contributed by atoms with Crippen LogP contribution in [0.4, 0.5) is 11.6 Å². The number of rotatable bonds is 8. The molecule has 1 saturated carbocycles. The van der Waals surface area contributed by atoms with Crippen LogP contribution in [-0.4, -0.2) is 68.7 Å². The Bertz CT molecular complexity index is 1090. The van der Waals surface area contributed by atoms with Crippen molar-refractivity contribution in [1.82, 2.24) is 9.97 Å². The van der Waals surface area contributed by atoms with Gasteiger partial charge in [-0.3, -0.25) is 4.79 Å². The molecule has 1 aromatic carbocycles. The highest BCUT2D eigenvalue weighted by Crippen LogP contribution is 2.33. The zero-order valence-electron chi connectivity index (χ0n) is 17.9. The van der Waals surface area contributed by atoms with E-state index in [-0.39, 0.29) is 27.8 Å². The topological polar surface area (TPSA) is 123 Å². The maximum absolute atomic E-state index is 13.0. The predicted molar refractivity (Wildman–Crippen MR) is 118 cm³/mol. The van der Waals surface area contributed by atoms with E-state index in [1.165, 1.54) is 24.5 Å². The van der Waals surface area contributed by atoms with Crippen molar-refractivity contribution in [2.45, 2.75) is 35.5 Å². The molecular formula is C21H25N5O5S. The first-order valence-corrected chi connectivity index (χ1v) is 11.9. The zero-order chi connectivity index (χ0) is 22.7. The minimum absolute atomic E-state index is 0.00533. The summed E-state index contributed by atoms with van der Waals surface area (Å²) in [5, 5.41) is 6.43. The molecule has 1 aliphatic carbocycles. The monoisotopic (exact) mass is 459 g/mol. The van der Waals surface area contributed by atoms with E-state index < -0.39 is 15.7 Å². The Morgan fingerprint density at radius 1 is 1.16 bits per heavy atom. The first-order valence-electron chi connectivity index (χ1n) is 10.3. The summed E-state index contributed by atoms with van der Waals surface area (Å²) in [6.07, 6.45) is 4.78. The molecule has 1 saturated heterocycles. The molecule has 2 fully saturated rings. The lowest BCUT2D eigenvalue weighted by Gasteiger charge is -2.12. The number of aromatic nitrogens is 2. The molecule has 1 aromatic heterocycles. The first-order chi connectivity index (χ1) is 15.3. The molecule has 1 N–H and O–H groups in total. The van der Waals surface area contributed by atoms with Crippen LogP contribution in [0.1, 0.15) is 24.8 Å². The highest BCUT2D eigenvalue weighted by Gasteiger charge is 2.36. The maximum atomic E-state index is 13.0. The number of benzene rings is 1. The number of oxime groups is 1. The SMILES string of the molecule is CN(C)c1cnc(NC(=O)C(=NO[C@@H]2CCOC2)c2ccc(S(=O)(=O)C3CC3)cc2)cn1. The van der Waals surface area contributed by atoms with E-state index in [9.17, 15) is 13.2 Å². The summed E-state index contributed by atoms with van der Waals surface area (Å²) in [7, 11) is 0.351. The Hall–Kier alpha value is -3.05. The molecule has 0 radical (unpaired) electrons. The average Bonchev–Trinajstić information content (AvgIpc) is 3.52. The number of ether oxygens (including phenoxy) is 1. The van der Waals surface area contributed by atoms with Gasteiger partial charge in [0, 0.05) is 26.1 Å². The molecule has 0 bridgehead atoms. The van der Waals surface area contributed by atoms with E-state index in [1.807, 2.05) is 14.1 Å².